The number of nitrogens with zero attached hydrogens (tertiary/aromatic N) is 3. The smallest absolute Gasteiger partial charge is 0.259 e. The molecule has 4 rings (SSSR count). The number of rotatable bonds is 4. The summed E-state index contributed by atoms with van der Waals surface area (Å²) in [5.41, 5.74) is 0.263. The van der Waals surface area contributed by atoms with Gasteiger partial charge in [0.05, 0.1) is 23.6 Å². The van der Waals surface area contributed by atoms with Gasteiger partial charge in [-0.3, -0.25) is 9.59 Å². The summed E-state index contributed by atoms with van der Waals surface area (Å²) in [5.74, 6) is -0.336. The summed E-state index contributed by atoms with van der Waals surface area (Å²) in [5, 5.41) is 0.258. The number of morpholine rings is 1. The summed E-state index contributed by atoms with van der Waals surface area (Å²) in [6.07, 6.45) is 4.29. The lowest BCUT2D eigenvalue weighted by Crippen LogP contribution is -2.42. The zero-order valence-corrected chi connectivity index (χ0v) is 18.0. The molecule has 1 amide bonds. The number of aromatic nitrogens is 1. The van der Waals surface area contributed by atoms with Crippen LogP contribution in [-0.2, 0) is 21.3 Å². The van der Waals surface area contributed by atoms with Gasteiger partial charge in [0.1, 0.15) is 5.56 Å². The highest BCUT2D eigenvalue weighted by molar-refractivity contribution is 7.89. The van der Waals surface area contributed by atoms with E-state index in [0.29, 0.717) is 51.5 Å². The fourth-order valence-corrected chi connectivity index (χ4v) is 5.69. The topological polar surface area (TPSA) is 88.9 Å². The highest BCUT2D eigenvalue weighted by atomic mass is 32.2. The molecule has 2 aliphatic heterocycles. The molecule has 0 unspecified atom stereocenters. The van der Waals surface area contributed by atoms with Crippen LogP contribution in [0.3, 0.4) is 0 Å². The quantitative estimate of drug-likeness (QED) is 0.732. The Kier molecular flexibility index (Phi) is 5.95. The minimum absolute atomic E-state index is 0.0683. The van der Waals surface area contributed by atoms with E-state index in [1.54, 1.807) is 23.2 Å². The predicted molar refractivity (Wildman–Crippen MR) is 113 cm³/mol. The lowest BCUT2D eigenvalue weighted by atomic mass is 10.1. The first kappa shape index (κ1) is 21.0. The van der Waals surface area contributed by atoms with Gasteiger partial charge < -0.3 is 14.2 Å². The van der Waals surface area contributed by atoms with Crippen LogP contribution in [0, 0.1) is 0 Å². The van der Waals surface area contributed by atoms with Crippen LogP contribution < -0.4 is 5.43 Å². The van der Waals surface area contributed by atoms with Gasteiger partial charge >= 0.3 is 0 Å². The number of pyridine rings is 1. The van der Waals surface area contributed by atoms with E-state index in [1.807, 2.05) is 11.5 Å². The van der Waals surface area contributed by atoms with Crippen molar-refractivity contribution in [3.63, 3.8) is 0 Å². The van der Waals surface area contributed by atoms with E-state index in [2.05, 4.69) is 0 Å². The molecule has 0 saturated carbocycles. The lowest BCUT2D eigenvalue weighted by Gasteiger charge is -2.27. The van der Waals surface area contributed by atoms with Crippen LogP contribution in [0.2, 0.25) is 0 Å². The average Bonchev–Trinajstić information content (AvgIpc) is 2.80. The molecule has 162 valence electrons. The van der Waals surface area contributed by atoms with Crippen molar-refractivity contribution >= 4 is 26.8 Å². The first-order valence-electron chi connectivity index (χ1n) is 10.5. The second kappa shape index (κ2) is 8.49. The fourth-order valence-electron chi connectivity index (χ4n) is 4.14. The third-order valence-electron chi connectivity index (χ3n) is 5.87. The maximum Gasteiger partial charge on any atom is 0.259 e. The van der Waals surface area contributed by atoms with Crippen molar-refractivity contribution in [1.29, 1.82) is 0 Å². The van der Waals surface area contributed by atoms with E-state index in [0.717, 1.165) is 19.3 Å². The number of amides is 1. The number of carbonyl (C=O) groups is 1. The fraction of sp³-hybridized carbons (Fsp3) is 0.524. The number of fused-ring (bicyclic) bond motifs is 1. The molecule has 8 nitrogen and oxygen atoms in total. The first-order chi connectivity index (χ1) is 14.4. The number of carbonyl (C=O) groups excluding carboxylic acids is 1. The standard InChI is InChI=1S/C21H27N3O5S/c1-2-22-15-18(21(26)23-10-12-29-13-11-23)20(25)17-14-16(6-7-19(17)22)30(27,28)24-8-4-3-5-9-24/h6-7,14-15H,2-5,8-13H2,1H3. The summed E-state index contributed by atoms with van der Waals surface area (Å²) in [4.78, 5) is 27.9. The summed E-state index contributed by atoms with van der Waals surface area (Å²) in [6.45, 7) is 5.23. The Hall–Kier alpha value is -2.23. The van der Waals surface area contributed by atoms with Crippen molar-refractivity contribution < 1.29 is 17.9 Å². The summed E-state index contributed by atoms with van der Waals surface area (Å²) < 4.78 is 34.8. The zero-order valence-electron chi connectivity index (χ0n) is 17.2. The number of hydrogen-bond donors (Lipinski definition) is 0. The van der Waals surface area contributed by atoms with Crippen LogP contribution in [-0.4, -0.2) is 67.5 Å². The molecule has 1 aromatic carbocycles. The highest BCUT2D eigenvalue weighted by Crippen LogP contribution is 2.24. The molecule has 1 aromatic heterocycles. The molecule has 2 saturated heterocycles. The van der Waals surface area contributed by atoms with Crippen LogP contribution in [0.15, 0.2) is 34.1 Å². The van der Waals surface area contributed by atoms with Crippen molar-refractivity contribution in [2.75, 3.05) is 39.4 Å². The summed E-state index contributed by atoms with van der Waals surface area (Å²) >= 11 is 0. The minimum Gasteiger partial charge on any atom is -0.378 e. The zero-order chi connectivity index (χ0) is 21.3. The maximum atomic E-state index is 13.2. The van der Waals surface area contributed by atoms with E-state index in [9.17, 15) is 18.0 Å². The van der Waals surface area contributed by atoms with Crippen molar-refractivity contribution in [2.24, 2.45) is 0 Å². The Balaban J connectivity index is 1.81. The van der Waals surface area contributed by atoms with Crippen molar-refractivity contribution in [2.45, 2.75) is 37.6 Å². The number of aryl methyl sites for hydroxylation is 1. The molecule has 0 aliphatic carbocycles. The van der Waals surface area contributed by atoms with Crippen molar-refractivity contribution in [1.82, 2.24) is 13.8 Å². The Labute approximate surface area is 176 Å². The van der Waals surface area contributed by atoms with Gasteiger partial charge in [-0.1, -0.05) is 6.42 Å². The first-order valence-corrected chi connectivity index (χ1v) is 11.9. The molecule has 0 bridgehead atoms. The molecule has 3 heterocycles. The molecule has 0 N–H and O–H groups in total. The van der Waals surface area contributed by atoms with E-state index in [1.165, 1.54) is 10.4 Å². The molecular weight excluding hydrogens is 406 g/mol. The number of hydrogen-bond acceptors (Lipinski definition) is 5. The highest BCUT2D eigenvalue weighted by Gasteiger charge is 2.28. The van der Waals surface area contributed by atoms with Crippen LogP contribution in [0.25, 0.3) is 10.9 Å². The van der Waals surface area contributed by atoms with Crippen molar-refractivity contribution in [3.8, 4) is 0 Å². The Bertz CT molecular complexity index is 1110. The predicted octanol–water partition coefficient (Wildman–Crippen LogP) is 1.67. The molecule has 30 heavy (non-hydrogen) atoms. The van der Waals surface area contributed by atoms with E-state index in [4.69, 9.17) is 4.74 Å². The Morgan fingerprint density at radius 1 is 1.07 bits per heavy atom. The van der Waals surface area contributed by atoms with Crippen LogP contribution in [0.5, 0.6) is 0 Å². The molecular formula is C21H27N3O5S. The average molecular weight is 434 g/mol. The lowest BCUT2D eigenvalue weighted by molar-refractivity contribution is 0.0301. The van der Waals surface area contributed by atoms with E-state index < -0.39 is 15.5 Å². The largest absolute Gasteiger partial charge is 0.378 e. The van der Waals surface area contributed by atoms with Gasteiger partial charge in [0.2, 0.25) is 15.5 Å². The van der Waals surface area contributed by atoms with Crippen LogP contribution in [0.4, 0.5) is 0 Å². The summed E-state index contributed by atoms with van der Waals surface area (Å²) in [6, 6.07) is 4.66. The van der Waals surface area contributed by atoms with Crippen LogP contribution >= 0.6 is 0 Å². The molecule has 2 fully saturated rings. The van der Waals surface area contributed by atoms with Gasteiger partial charge in [-0.15, -0.1) is 0 Å². The second-order valence-electron chi connectivity index (χ2n) is 7.71. The molecule has 0 spiro atoms. The van der Waals surface area contributed by atoms with Gasteiger partial charge in [0, 0.05) is 44.3 Å². The van der Waals surface area contributed by atoms with E-state index in [-0.39, 0.29) is 21.8 Å². The normalized spacial score (nSPS) is 18.6. The monoisotopic (exact) mass is 433 g/mol. The maximum absolute atomic E-state index is 13.2. The van der Waals surface area contributed by atoms with Gasteiger partial charge in [0.25, 0.3) is 5.91 Å². The minimum atomic E-state index is -3.67. The molecule has 2 aromatic rings. The SMILES string of the molecule is CCn1cc(C(=O)N2CCOCC2)c(=O)c2cc(S(=O)(=O)N3CCCCC3)ccc21. The van der Waals surface area contributed by atoms with Gasteiger partial charge in [-0.25, -0.2) is 8.42 Å². The molecule has 9 heteroatoms. The Morgan fingerprint density at radius 3 is 2.43 bits per heavy atom. The van der Waals surface area contributed by atoms with Crippen molar-refractivity contribution in [3.05, 3.63) is 40.2 Å². The second-order valence-corrected chi connectivity index (χ2v) is 9.64. The third-order valence-corrected chi connectivity index (χ3v) is 7.77. The number of benzene rings is 1. The van der Waals surface area contributed by atoms with Gasteiger partial charge in [-0.05, 0) is 38.0 Å². The Morgan fingerprint density at radius 2 is 1.77 bits per heavy atom. The molecule has 0 radical (unpaired) electrons. The third kappa shape index (κ3) is 3.77. The van der Waals surface area contributed by atoms with Gasteiger partial charge in [0.15, 0.2) is 0 Å². The van der Waals surface area contributed by atoms with Crippen LogP contribution in [0.1, 0.15) is 36.5 Å². The number of piperidine rings is 1. The molecule has 2 aliphatic rings. The van der Waals surface area contributed by atoms with Gasteiger partial charge in [-0.2, -0.15) is 4.31 Å². The number of sulfonamides is 1. The number of ether oxygens (including phenoxy) is 1. The summed E-state index contributed by atoms with van der Waals surface area (Å²) in [7, 11) is -3.67. The molecule has 0 atom stereocenters. The van der Waals surface area contributed by atoms with E-state index >= 15 is 0 Å².